The minimum atomic E-state index is -1.07. The van der Waals surface area contributed by atoms with Crippen LogP contribution in [0.25, 0.3) is 0 Å². The van der Waals surface area contributed by atoms with Crippen LogP contribution in [0.2, 0.25) is 5.02 Å². The first-order valence-electron chi connectivity index (χ1n) is 13.4. The van der Waals surface area contributed by atoms with Gasteiger partial charge in [-0.15, -0.1) is 0 Å². The Balaban J connectivity index is 2.62. The van der Waals surface area contributed by atoms with Crippen LogP contribution in [0, 0.1) is 12.8 Å². The van der Waals surface area contributed by atoms with E-state index in [1.54, 1.807) is 45.0 Å². The lowest BCUT2D eigenvalue weighted by Gasteiger charge is -2.39. The number of hydrogen-bond acceptors (Lipinski definition) is 5. The van der Waals surface area contributed by atoms with Gasteiger partial charge in [0.05, 0.1) is 10.7 Å². The van der Waals surface area contributed by atoms with Gasteiger partial charge >= 0.3 is 6.09 Å². The van der Waals surface area contributed by atoms with E-state index in [-0.39, 0.29) is 17.7 Å². The summed E-state index contributed by atoms with van der Waals surface area (Å²) in [6.07, 6.45) is 0.455. The second-order valence-corrected chi connectivity index (χ2v) is 11.3. The lowest BCUT2D eigenvalue weighted by Crippen LogP contribution is -2.56. The molecule has 2 aromatic carbocycles. The first kappa shape index (κ1) is 32.0. The number of halogens is 1. The van der Waals surface area contributed by atoms with Gasteiger partial charge in [-0.1, -0.05) is 63.1 Å². The number of para-hydroxylation sites is 1. The largest absolute Gasteiger partial charge is 0.508 e. The van der Waals surface area contributed by atoms with Crippen LogP contribution >= 0.6 is 11.6 Å². The molecule has 4 unspecified atom stereocenters. The molecule has 0 radical (unpaired) electrons. The zero-order valence-corrected chi connectivity index (χ0v) is 24.9. The van der Waals surface area contributed by atoms with Gasteiger partial charge in [0.2, 0.25) is 5.91 Å². The SMILES string of the molecule is CCC(C)C(NC(=O)OC(C)(C)C)C(=O)N(C(C)CC)C(C(=O)Nc1c(C)cccc1Cl)c1ccc(O)cc1. The molecule has 0 aromatic heterocycles. The molecule has 0 aliphatic heterocycles. The number of phenolic OH excluding ortho intramolecular Hbond substituents is 1. The number of amides is 3. The van der Waals surface area contributed by atoms with Crippen molar-refractivity contribution in [2.45, 2.75) is 92.0 Å². The Hall–Kier alpha value is -3.26. The van der Waals surface area contributed by atoms with Gasteiger partial charge < -0.3 is 25.4 Å². The lowest BCUT2D eigenvalue weighted by molar-refractivity contribution is -0.144. The van der Waals surface area contributed by atoms with Crippen LogP contribution in [0.3, 0.4) is 0 Å². The maximum absolute atomic E-state index is 14.3. The van der Waals surface area contributed by atoms with E-state index in [1.165, 1.54) is 17.0 Å². The molecule has 8 nitrogen and oxygen atoms in total. The van der Waals surface area contributed by atoms with Crippen LogP contribution in [0.5, 0.6) is 5.75 Å². The highest BCUT2D eigenvalue weighted by molar-refractivity contribution is 6.34. The summed E-state index contributed by atoms with van der Waals surface area (Å²) < 4.78 is 5.45. The fourth-order valence-electron chi connectivity index (χ4n) is 4.15. The van der Waals surface area contributed by atoms with Crippen molar-refractivity contribution in [3.8, 4) is 5.75 Å². The predicted molar refractivity (Wildman–Crippen MR) is 155 cm³/mol. The molecular weight excluding hydrogens is 518 g/mol. The highest BCUT2D eigenvalue weighted by Gasteiger charge is 2.40. The summed E-state index contributed by atoms with van der Waals surface area (Å²) in [5.41, 5.74) is 0.981. The first-order chi connectivity index (χ1) is 18.2. The molecule has 3 amide bonds. The maximum atomic E-state index is 14.3. The van der Waals surface area contributed by atoms with E-state index in [1.807, 2.05) is 40.7 Å². The molecule has 0 aliphatic carbocycles. The van der Waals surface area contributed by atoms with E-state index < -0.39 is 35.6 Å². The number of aromatic hydroxyl groups is 1. The smallest absolute Gasteiger partial charge is 0.408 e. The molecule has 2 aromatic rings. The fourth-order valence-corrected chi connectivity index (χ4v) is 4.42. The van der Waals surface area contributed by atoms with Crippen molar-refractivity contribution >= 4 is 35.2 Å². The number of hydrogen-bond donors (Lipinski definition) is 3. The first-order valence-corrected chi connectivity index (χ1v) is 13.7. The van der Waals surface area contributed by atoms with Crippen LogP contribution in [0.15, 0.2) is 42.5 Å². The minimum Gasteiger partial charge on any atom is -0.508 e. The summed E-state index contributed by atoms with van der Waals surface area (Å²) in [4.78, 5) is 42.6. The van der Waals surface area contributed by atoms with Crippen molar-refractivity contribution in [3.05, 3.63) is 58.6 Å². The lowest BCUT2D eigenvalue weighted by atomic mass is 9.94. The zero-order valence-electron chi connectivity index (χ0n) is 24.2. The second-order valence-electron chi connectivity index (χ2n) is 10.9. The number of benzene rings is 2. The predicted octanol–water partition coefficient (Wildman–Crippen LogP) is 6.60. The second kappa shape index (κ2) is 13.7. The van der Waals surface area contributed by atoms with Gasteiger partial charge in [0.25, 0.3) is 5.91 Å². The summed E-state index contributed by atoms with van der Waals surface area (Å²) in [6, 6.07) is 9.09. The zero-order chi connectivity index (χ0) is 29.5. The van der Waals surface area contributed by atoms with Crippen LogP contribution in [0.1, 0.15) is 78.5 Å². The van der Waals surface area contributed by atoms with Gasteiger partial charge in [-0.3, -0.25) is 9.59 Å². The molecule has 39 heavy (non-hydrogen) atoms. The minimum absolute atomic E-state index is 0.0327. The van der Waals surface area contributed by atoms with Gasteiger partial charge in [0.1, 0.15) is 23.4 Å². The Labute approximate surface area is 237 Å². The molecule has 0 heterocycles. The van der Waals surface area contributed by atoms with Gasteiger partial charge in [-0.25, -0.2) is 4.79 Å². The molecule has 0 fully saturated rings. The number of ether oxygens (including phenoxy) is 1. The highest BCUT2D eigenvalue weighted by Crippen LogP contribution is 2.32. The third-order valence-corrected chi connectivity index (χ3v) is 6.99. The molecule has 2 rings (SSSR count). The van der Waals surface area contributed by atoms with Crippen molar-refractivity contribution in [3.63, 3.8) is 0 Å². The molecule has 3 N–H and O–H groups in total. The summed E-state index contributed by atoms with van der Waals surface area (Å²) in [5, 5.41) is 16.0. The Morgan fingerprint density at radius 1 is 1.03 bits per heavy atom. The number of phenols is 1. The number of anilines is 1. The van der Waals surface area contributed by atoms with Crippen molar-refractivity contribution < 1.29 is 24.2 Å². The number of nitrogens with zero attached hydrogens (tertiary/aromatic N) is 1. The van der Waals surface area contributed by atoms with Crippen molar-refractivity contribution in [1.82, 2.24) is 10.2 Å². The highest BCUT2D eigenvalue weighted by atomic mass is 35.5. The van der Waals surface area contributed by atoms with Crippen molar-refractivity contribution in [2.24, 2.45) is 5.92 Å². The van der Waals surface area contributed by atoms with E-state index in [2.05, 4.69) is 10.6 Å². The van der Waals surface area contributed by atoms with Crippen LogP contribution in [-0.4, -0.2) is 45.6 Å². The molecule has 0 aliphatic rings. The number of nitrogens with one attached hydrogen (secondary N) is 2. The summed E-state index contributed by atoms with van der Waals surface area (Å²) >= 11 is 6.41. The van der Waals surface area contributed by atoms with E-state index in [9.17, 15) is 19.5 Å². The fraction of sp³-hybridized carbons (Fsp3) is 0.500. The van der Waals surface area contributed by atoms with Gasteiger partial charge in [0, 0.05) is 6.04 Å². The van der Waals surface area contributed by atoms with Crippen LogP contribution in [0.4, 0.5) is 10.5 Å². The summed E-state index contributed by atoms with van der Waals surface area (Å²) in [5.74, 6) is -1.09. The van der Waals surface area contributed by atoms with Crippen molar-refractivity contribution in [2.75, 3.05) is 5.32 Å². The molecule has 0 spiro atoms. The van der Waals surface area contributed by atoms with Crippen LogP contribution < -0.4 is 10.6 Å². The van der Waals surface area contributed by atoms with Gasteiger partial charge in [-0.2, -0.15) is 0 Å². The van der Waals surface area contributed by atoms with Crippen LogP contribution in [-0.2, 0) is 14.3 Å². The molecular formula is C30H42ClN3O5. The third-order valence-electron chi connectivity index (χ3n) is 6.68. The molecule has 0 saturated heterocycles. The molecule has 0 bridgehead atoms. The van der Waals surface area contributed by atoms with Crippen molar-refractivity contribution in [1.29, 1.82) is 0 Å². The van der Waals surface area contributed by atoms with Gasteiger partial charge in [0.15, 0.2) is 0 Å². The Kier molecular flexibility index (Phi) is 11.2. The molecule has 214 valence electrons. The van der Waals surface area contributed by atoms with E-state index in [4.69, 9.17) is 16.3 Å². The van der Waals surface area contributed by atoms with E-state index in [0.717, 1.165) is 5.56 Å². The average Bonchev–Trinajstić information content (AvgIpc) is 2.86. The number of rotatable bonds is 10. The van der Waals surface area contributed by atoms with E-state index in [0.29, 0.717) is 29.1 Å². The average molecular weight is 560 g/mol. The van der Waals surface area contributed by atoms with E-state index >= 15 is 0 Å². The van der Waals surface area contributed by atoms with Gasteiger partial charge in [-0.05, 0) is 76.3 Å². The monoisotopic (exact) mass is 559 g/mol. The topological polar surface area (TPSA) is 108 Å². The number of aryl methyl sites for hydroxylation is 1. The number of alkyl carbamates (subject to hydrolysis) is 1. The Bertz CT molecular complexity index is 1130. The summed E-state index contributed by atoms with van der Waals surface area (Å²) in [7, 11) is 0. The number of carbonyl (C=O) groups excluding carboxylic acids is 3. The third kappa shape index (κ3) is 8.62. The number of carbonyl (C=O) groups is 3. The molecule has 9 heteroatoms. The molecule has 0 saturated carbocycles. The quantitative estimate of drug-likeness (QED) is 0.304. The normalized spacial score (nSPS) is 14.5. The maximum Gasteiger partial charge on any atom is 0.408 e. The Morgan fingerprint density at radius 2 is 1.64 bits per heavy atom. The molecule has 4 atom stereocenters. The summed E-state index contributed by atoms with van der Waals surface area (Å²) in [6.45, 7) is 14.7. The standard InChI is InChI=1S/C30H42ClN3O5/c1-9-18(3)25(33-29(38)39-30(6,7)8)28(37)34(20(5)10-2)26(21-14-16-22(35)17-15-21)27(36)32-24-19(4)12-11-13-23(24)31/h11-18,20,25-26,35H,9-10H2,1-8H3,(H,32,36)(H,33,38). The Morgan fingerprint density at radius 3 is 2.15 bits per heavy atom.